The van der Waals surface area contributed by atoms with E-state index in [1.54, 1.807) is 0 Å². The molecule has 0 saturated carbocycles. The standard InChI is InChI=1S/C19H21N5OS/c1-13-8-10-16(11-9-13)18-22-23-19(24(18)20)26-12-17(25)21-14(2)15-6-4-3-5-7-15/h3-11,14H,12,20H2,1-2H3,(H,21,25)/t14-/m1/s1. The lowest BCUT2D eigenvalue weighted by atomic mass is 10.1. The number of rotatable bonds is 6. The molecular formula is C19H21N5OS. The first kappa shape index (κ1) is 18.0. The van der Waals surface area contributed by atoms with Crippen molar-refractivity contribution < 1.29 is 4.79 Å². The highest BCUT2D eigenvalue weighted by atomic mass is 32.2. The highest BCUT2D eigenvalue weighted by molar-refractivity contribution is 7.99. The SMILES string of the molecule is Cc1ccc(-c2nnc(SCC(=O)N[C@H](C)c3ccccc3)n2N)cc1. The molecular weight excluding hydrogens is 346 g/mol. The summed E-state index contributed by atoms with van der Waals surface area (Å²) in [5.74, 6) is 6.81. The molecule has 1 aromatic heterocycles. The lowest BCUT2D eigenvalue weighted by Gasteiger charge is -2.13. The van der Waals surface area contributed by atoms with Gasteiger partial charge in [-0.3, -0.25) is 4.79 Å². The van der Waals surface area contributed by atoms with Crippen LogP contribution in [0, 0.1) is 6.92 Å². The Balaban J connectivity index is 1.60. The Bertz CT molecular complexity index is 877. The summed E-state index contributed by atoms with van der Waals surface area (Å²) in [6.07, 6.45) is 0. The van der Waals surface area contributed by atoms with E-state index in [4.69, 9.17) is 5.84 Å². The number of benzene rings is 2. The number of nitrogens with two attached hydrogens (primary N) is 1. The number of carbonyl (C=O) groups excluding carboxylic acids is 1. The van der Waals surface area contributed by atoms with Gasteiger partial charge in [0.2, 0.25) is 11.1 Å². The predicted octanol–water partition coefficient (Wildman–Crippen LogP) is 2.94. The number of hydrogen-bond donors (Lipinski definition) is 2. The van der Waals surface area contributed by atoms with Crippen molar-refractivity contribution in [3.63, 3.8) is 0 Å². The second-order valence-electron chi connectivity index (χ2n) is 6.03. The van der Waals surface area contributed by atoms with Crippen LogP contribution in [0.1, 0.15) is 24.1 Å². The van der Waals surface area contributed by atoms with Gasteiger partial charge in [-0.2, -0.15) is 0 Å². The third-order valence-corrected chi connectivity index (χ3v) is 4.93. The lowest BCUT2D eigenvalue weighted by Crippen LogP contribution is -2.28. The average Bonchev–Trinajstić information content (AvgIpc) is 3.02. The number of nitrogens with zero attached hydrogens (tertiary/aromatic N) is 3. The van der Waals surface area contributed by atoms with E-state index in [0.717, 1.165) is 16.7 Å². The average molecular weight is 367 g/mol. The molecule has 1 amide bonds. The number of thioether (sulfide) groups is 1. The first-order valence-electron chi connectivity index (χ1n) is 8.29. The molecule has 26 heavy (non-hydrogen) atoms. The summed E-state index contributed by atoms with van der Waals surface area (Å²) < 4.78 is 1.42. The number of hydrogen-bond acceptors (Lipinski definition) is 5. The van der Waals surface area contributed by atoms with Gasteiger partial charge in [0.25, 0.3) is 0 Å². The van der Waals surface area contributed by atoms with Crippen LogP contribution in [0.5, 0.6) is 0 Å². The maximum atomic E-state index is 12.2. The maximum absolute atomic E-state index is 12.2. The third kappa shape index (κ3) is 4.23. The van der Waals surface area contributed by atoms with Gasteiger partial charge >= 0.3 is 0 Å². The molecule has 7 heteroatoms. The summed E-state index contributed by atoms with van der Waals surface area (Å²) in [7, 11) is 0. The van der Waals surface area contributed by atoms with Gasteiger partial charge in [-0.1, -0.05) is 71.9 Å². The van der Waals surface area contributed by atoms with E-state index in [0.29, 0.717) is 11.0 Å². The first-order valence-corrected chi connectivity index (χ1v) is 9.28. The van der Waals surface area contributed by atoms with Crippen LogP contribution in [-0.4, -0.2) is 26.5 Å². The normalized spacial score (nSPS) is 11.9. The van der Waals surface area contributed by atoms with Crippen molar-refractivity contribution in [2.24, 2.45) is 0 Å². The topological polar surface area (TPSA) is 85.8 Å². The maximum Gasteiger partial charge on any atom is 0.230 e. The minimum Gasteiger partial charge on any atom is -0.349 e. The van der Waals surface area contributed by atoms with E-state index < -0.39 is 0 Å². The van der Waals surface area contributed by atoms with Gasteiger partial charge in [0.05, 0.1) is 11.8 Å². The van der Waals surface area contributed by atoms with E-state index in [-0.39, 0.29) is 17.7 Å². The summed E-state index contributed by atoms with van der Waals surface area (Å²) in [6.45, 7) is 3.98. The minimum atomic E-state index is -0.0776. The molecule has 3 aromatic rings. The van der Waals surface area contributed by atoms with Crippen LogP contribution in [0.4, 0.5) is 0 Å². The molecule has 0 saturated heterocycles. The number of aryl methyl sites for hydroxylation is 1. The van der Waals surface area contributed by atoms with Gasteiger partial charge in [0, 0.05) is 5.56 Å². The fourth-order valence-corrected chi connectivity index (χ4v) is 3.18. The number of amides is 1. The largest absolute Gasteiger partial charge is 0.349 e. The Morgan fingerprint density at radius 3 is 2.54 bits per heavy atom. The molecule has 0 unspecified atom stereocenters. The Morgan fingerprint density at radius 2 is 1.85 bits per heavy atom. The van der Waals surface area contributed by atoms with E-state index in [1.807, 2.05) is 68.4 Å². The molecule has 1 heterocycles. The molecule has 0 aliphatic carbocycles. The second kappa shape index (κ2) is 8.05. The van der Waals surface area contributed by atoms with Gasteiger partial charge in [-0.25, -0.2) is 4.68 Å². The highest BCUT2D eigenvalue weighted by Crippen LogP contribution is 2.22. The van der Waals surface area contributed by atoms with Crippen molar-refractivity contribution >= 4 is 17.7 Å². The Hall–Kier alpha value is -2.80. The highest BCUT2D eigenvalue weighted by Gasteiger charge is 2.15. The van der Waals surface area contributed by atoms with E-state index in [9.17, 15) is 4.79 Å². The summed E-state index contributed by atoms with van der Waals surface area (Å²) in [6, 6.07) is 17.7. The fourth-order valence-electron chi connectivity index (χ4n) is 2.51. The summed E-state index contributed by atoms with van der Waals surface area (Å²) >= 11 is 1.26. The van der Waals surface area contributed by atoms with Crippen molar-refractivity contribution in [1.29, 1.82) is 0 Å². The van der Waals surface area contributed by atoms with Crippen LogP contribution < -0.4 is 11.2 Å². The van der Waals surface area contributed by atoms with Crippen LogP contribution in [-0.2, 0) is 4.79 Å². The Labute approximate surface area is 156 Å². The molecule has 0 radical (unpaired) electrons. The smallest absolute Gasteiger partial charge is 0.230 e. The number of nitrogens with one attached hydrogen (secondary N) is 1. The zero-order chi connectivity index (χ0) is 18.5. The third-order valence-electron chi connectivity index (χ3n) is 3.98. The first-order chi connectivity index (χ1) is 12.5. The molecule has 134 valence electrons. The predicted molar refractivity (Wildman–Crippen MR) is 104 cm³/mol. The van der Waals surface area contributed by atoms with Crippen molar-refractivity contribution in [3.8, 4) is 11.4 Å². The molecule has 3 rings (SSSR count). The van der Waals surface area contributed by atoms with Gasteiger partial charge in [0.1, 0.15) is 0 Å². The Morgan fingerprint density at radius 1 is 1.15 bits per heavy atom. The van der Waals surface area contributed by atoms with Crippen LogP contribution in [0.15, 0.2) is 59.8 Å². The van der Waals surface area contributed by atoms with E-state index in [2.05, 4.69) is 15.5 Å². The van der Waals surface area contributed by atoms with Crippen molar-refractivity contribution in [2.45, 2.75) is 25.0 Å². The fraction of sp³-hybridized carbons (Fsp3) is 0.211. The van der Waals surface area contributed by atoms with Crippen LogP contribution >= 0.6 is 11.8 Å². The van der Waals surface area contributed by atoms with E-state index in [1.165, 1.54) is 16.4 Å². The van der Waals surface area contributed by atoms with Gasteiger partial charge in [0.15, 0.2) is 5.82 Å². The van der Waals surface area contributed by atoms with Crippen LogP contribution in [0.2, 0.25) is 0 Å². The number of carbonyl (C=O) groups is 1. The lowest BCUT2D eigenvalue weighted by molar-refractivity contribution is -0.119. The molecule has 0 aliphatic heterocycles. The molecule has 6 nitrogen and oxygen atoms in total. The zero-order valence-corrected chi connectivity index (χ0v) is 15.5. The van der Waals surface area contributed by atoms with Crippen molar-refractivity contribution in [3.05, 3.63) is 65.7 Å². The quantitative estimate of drug-likeness (QED) is 0.517. The van der Waals surface area contributed by atoms with Gasteiger partial charge < -0.3 is 11.2 Å². The van der Waals surface area contributed by atoms with Crippen molar-refractivity contribution in [1.82, 2.24) is 20.2 Å². The number of nitrogen functional groups attached to an aromatic ring is 1. The van der Waals surface area contributed by atoms with Crippen LogP contribution in [0.25, 0.3) is 11.4 Å². The molecule has 0 bridgehead atoms. The monoisotopic (exact) mass is 367 g/mol. The molecule has 0 aliphatic rings. The Kier molecular flexibility index (Phi) is 5.58. The summed E-state index contributed by atoms with van der Waals surface area (Å²) in [5.41, 5.74) is 3.12. The number of aromatic nitrogens is 3. The molecule has 3 N–H and O–H groups in total. The van der Waals surface area contributed by atoms with Gasteiger partial charge in [-0.15, -0.1) is 10.2 Å². The molecule has 0 spiro atoms. The molecule has 1 atom stereocenters. The molecule has 0 fully saturated rings. The minimum absolute atomic E-state index is 0.0526. The summed E-state index contributed by atoms with van der Waals surface area (Å²) in [5, 5.41) is 11.7. The second-order valence-corrected chi connectivity index (χ2v) is 6.97. The zero-order valence-electron chi connectivity index (χ0n) is 14.7. The van der Waals surface area contributed by atoms with Crippen molar-refractivity contribution in [2.75, 3.05) is 11.6 Å². The van der Waals surface area contributed by atoms with Gasteiger partial charge in [-0.05, 0) is 19.4 Å². The molecule has 2 aromatic carbocycles. The van der Waals surface area contributed by atoms with Crippen LogP contribution in [0.3, 0.4) is 0 Å². The van der Waals surface area contributed by atoms with E-state index >= 15 is 0 Å². The summed E-state index contributed by atoms with van der Waals surface area (Å²) in [4.78, 5) is 12.2.